The molecule has 0 spiro atoms. The number of aromatic amines is 1. The fourth-order valence-corrected chi connectivity index (χ4v) is 5.05. The third kappa shape index (κ3) is 6.41. The van der Waals surface area contributed by atoms with E-state index in [9.17, 15) is 4.79 Å². The van der Waals surface area contributed by atoms with Crippen molar-refractivity contribution in [3.63, 3.8) is 0 Å². The van der Waals surface area contributed by atoms with Crippen molar-refractivity contribution in [1.29, 1.82) is 0 Å². The van der Waals surface area contributed by atoms with Gasteiger partial charge in [-0.15, -0.1) is 5.10 Å². The molecule has 0 aliphatic heterocycles. The molecule has 0 aliphatic rings. The molecule has 0 unspecified atom stereocenters. The number of H-pyrrole nitrogens is 1. The third-order valence-corrected chi connectivity index (χ3v) is 7.17. The lowest BCUT2D eigenvalue weighted by molar-refractivity contribution is 0.171. The molecule has 8 nitrogen and oxygen atoms in total. The van der Waals surface area contributed by atoms with E-state index in [0.717, 1.165) is 48.3 Å². The van der Waals surface area contributed by atoms with Gasteiger partial charge < -0.3 is 9.72 Å². The zero-order valence-corrected chi connectivity index (χ0v) is 22.5. The summed E-state index contributed by atoms with van der Waals surface area (Å²) in [5.41, 5.74) is 3.89. The van der Waals surface area contributed by atoms with Crippen molar-refractivity contribution in [2.24, 2.45) is 0 Å². The summed E-state index contributed by atoms with van der Waals surface area (Å²) in [6, 6.07) is 28.4. The Kier molecular flexibility index (Phi) is 8.43. The lowest BCUT2D eigenvalue weighted by Gasteiger charge is -2.30. The second-order valence-electron chi connectivity index (χ2n) is 9.70. The number of rotatable bonds is 12. The number of hydrogen-bond acceptors (Lipinski definition) is 6. The van der Waals surface area contributed by atoms with E-state index in [-0.39, 0.29) is 11.6 Å². The minimum absolute atomic E-state index is 0.0557. The molecule has 2 aromatic heterocycles. The van der Waals surface area contributed by atoms with Gasteiger partial charge in [0.05, 0.1) is 13.2 Å². The molecule has 200 valence electrons. The lowest BCUT2D eigenvalue weighted by Crippen LogP contribution is -2.34. The molecule has 0 fully saturated rings. The van der Waals surface area contributed by atoms with Gasteiger partial charge in [-0.05, 0) is 65.1 Å². The normalized spacial score (nSPS) is 12.2. The highest BCUT2D eigenvalue weighted by atomic mass is 16.5. The van der Waals surface area contributed by atoms with Gasteiger partial charge in [-0.3, -0.25) is 9.69 Å². The van der Waals surface area contributed by atoms with Gasteiger partial charge in [-0.1, -0.05) is 67.6 Å². The van der Waals surface area contributed by atoms with Gasteiger partial charge in [0.25, 0.3) is 5.56 Å². The highest BCUT2D eigenvalue weighted by molar-refractivity contribution is 5.80. The van der Waals surface area contributed by atoms with Crippen LogP contribution in [-0.2, 0) is 25.9 Å². The van der Waals surface area contributed by atoms with Crippen LogP contribution in [0.2, 0.25) is 0 Å². The Morgan fingerprint density at radius 1 is 0.949 bits per heavy atom. The second-order valence-corrected chi connectivity index (χ2v) is 9.70. The van der Waals surface area contributed by atoms with Crippen LogP contribution in [0.5, 0.6) is 5.75 Å². The predicted octanol–water partition coefficient (Wildman–Crippen LogP) is 4.96. The second kappa shape index (κ2) is 12.5. The number of ether oxygens (including phenoxy) is 1. The molecule has 8 heteroatoms. The molecule has 5 rings (SSSR count). The Bertz CT molecular complexity index is 1550. The van der Waals surface area contributed by atoms with Crippen LogP contribution in [0.1, 0.15) is 41.9 Å². The number of fused-ring (bicyclic) bond motifs is 1. The van der Waals surface area contributed by atoms with Gasteiger partial charge in [0.1, 0.15) is 5.75 Å². The van der Waals surface area contributed by atoms with Crippen molar-refractivity contribution in [3.05, 3.63) is 118 Å². The number of aromatic nitrogens is 5. The van der Waals surface area contributed by atoms with Crippen molar-refractivity contribution in [2.75, 3.05) is 13.7 Å². The molecule has 0 saturated carbocycles. The Labute approximate surface area is 228 Å². The standard InChI is InChI=1S/C31H34N6O2/c1-3-29(30-33-34-35-37(30)19-17-24-12-8-5-9-13-24)36(18-16-23-10-6-4-7-11-23)22-26-20-25-21-27(39-2)14-15-28(25)32-31(26)38/h4-15,20-21,29H,3,16-19,22H2,1-2H3,(H,32,38)/t29-/m0/s1. The molecule has 0 aliphatic carbocycles. The summed E-state index contributed by atoms with van der Waals surface area (Å²) in [6.07, 6.45) is 2.49. The van der Waals surface area contributed by atoms with Crippen molar-refractivity contribution in [3.8, 4) is 5.75 Å². The molecule has 1 atom stereocenters. The summed E-state index contributed by atoms with van der Waals surface area (Å²) in [4.78, 5) is 18.5. The fourth-order valence-electron chi connectivity index (χ4n) is 5.05. The van der Waals surface area contributed by atoms with Gasteiger partial charge in [0.2, 0.25) is 0 Å². The SMILES string of the molecule is CC[C@@H](c1nnnn1CCc1ccccc1)N(CCc1ccccc1)Cc1cc2cc(OC)ccc2[nH]c1=O. The topological polar surface area (TPSA) is 88.9 Å². The summed E-state index contributed by atoms with van der Waals surface area (Å²) >= 11 is 0. The quantitative estimate of drug-likeness (QED) is 0.249. The summed E-state index contributed by atoms with van der Waals surface area (Å²) in [5, 5.41) is 13.8. The first-order valence-corrected chi connectivity index (χ1v) is 13.4. The number of pyridine rings is 1. The summed E-state index contributed by atoms with van der Waals surface area (Å²) in [7, 11) is 1.65. The van der Waals surface area contributed by atoms with Gasteiger partial charge in [-0.2, -0.15) is 0 Å². The number of methoxy groups -OCH3 is 1. The number of nitrogens with zero attached hydrogens (tertiary/aromatic N) is 5. The Hall–Kier alpha value is -4.30. The molecular weight excluding hydrogens is 488 g/mol. The van der Waals surface area contributed by atoms with Crippen LogP contribution in [0, 0.1) is 0 Å². The van der Waals surface area contributed by atoms with Gasteiger partial charge in [0, 0.05) is 36.1 Å². The van der Waals surface area contributed by atoms with E-state index in [2.05, 4.69) is 68.7 Å². The molecule has 5 aromatic rings. The molecule has 0 radical (unpaired) electrons. The summed E-state index contributed by atoms with van der Waals surface area (Å²) < 4.78 is 7.32. The predicted molar refractivity (Wildman–Crippen MR) is 153 cm³/mol. The number of nitrogens with one attached hydrogen (secondary N) is 1. The van der Waals surface area contributed by atoms with E-state index in [1.165, 1.54) is 11.1 Å². The third-order valence-electron chi connectivity index (χ3n) is 7.17. The van der Waals surface area contributed by atoms with E-state index < -0.39 is 0 Å². The first kappa shape index (κ1) is 26.3. The monoisotopic (exact) mass is 522 g/mol. The maximum Gasteiger partial charge on any atom is 0.252 e. The molecule has 0 amide bonds. The van der Waals surface area contributed by atoms with Gasteiger partial charge in [-0.25, -0.2) is 4.68 Å². The average molecular weight is 523 g/mol. The van der Waals surface area contributed by atoms with Crippen LogP contribution >= 0.6 is 0 Å². The molecule has 39 heavy (non-hydrogen) atoms. The Balaban J connectivity index is 1.45. The van der Waals surface area contributed by atoms with Crippen LogP contribution in [-0.4, -0.2) is 43.7 Å². The number of tetrazole rings is 1. The lowest BCUT2D eigenvalue weighted by atomic mass is 10.1. The van der Waals surface area contributed by atoms with E-state index in [0.29, 0.717) is 18.7 Å². The maximum atomic E-state index is 13.2. The highest BCUT2D eigenvalue weighted by Gasteiger charge is 2.25. The van der Waals surface area contributed by atoms with Crippen molar-refractivity contribution in [2.45, 2.75) is 45.3 Å². The maximum absolute atomic E-state index is 13.2. The average Bonchev–Trinajstić information content (AvgIpc) is 3.44. The zero-order chi connectivity index (χ0) is 27.0. The van der Waals surface area contributed by atoms with E-state index in [1.807, 2.05) is 53.2 Å². The molecule has 2 heterocycles. The van der Waals surface area contributed by atoms with Crippen LogP contribution in [0.4, 0.5) is 0 Å². The molecular formula is C31H34N6O2. The van der Waals surface area contributed by atoms with E-state index in [4.69, 9.17) is 4.74 Å². The molecule has 0 saturated heterocycles. The minimum atomic E-state index is -0.0871. The van der Waals surface area contributed by atoms with Crippen LogP contribution in [0.3, 0.4) is 0 Å². The Morgan fingerprint density at radius 3 is 2.36 bits per heavy atom. The Morgan fingerprint density at radius 2 is 1.67 bits per heavy atom. The first-order chi connectivity index (χ1) is 19.1. The number of aryl methyl sites for hydroxylation is 2. The molecule has 3 aromatic carbocycles. The first-order valence-electron chi connectivity index (χ1n) is 13.4. The van der Waals surface area contributed by atoms with Crippen molar-refractivity contribution in [1.82, 2.24) is 30.1 Å². The largest absolute Gasteiger partial charge is 0.497 e. The van der Waals surface area contributed by atoms with E-state index >= 15 is 0 Å². The van der Waals surface area contributed by atoms with Gasteiger partial charge >= 0.3 is 0 Å². The summed E-state index contributed by atoms with van der Waals surface area (Å²) in [6.45, 7) is 4.06. The van der Waals surface area contributed by atoms with E-state index in [1.54, 1.807) is 7.11 Å². The number of hydrogen-bond donors (Lipinski definition) is 1. The summed E-state index contributed by atoms with van der Waals surface area (Å²) in [5.74, 6) is 1.57. The number of benzene rings is 3. The van der Waals surface area contributed by atoms with Crippen molar-refractivity contribution < 1.29 is 4.74 Å². The van der Waals surface area contributed by atoms with Crippen LogP contribution < -0.4 is 10.3 Å². The zero-order valence-electron chi connectivity index (χ0n) is 22.5. The molecule has 0 bridgehead atoms. The molecule has 1 N–H and O–H groups in total. The van der Waals surface area contributed by atoms with Gasteiger partial charge in [0.15, 0.2) is 5.82 Å². The van der Waals surface area contributed by atoms with Crippen LogP contribution in [0.25, 0.3) is 10.9 Å². The highest BCUT2D eigenvalue weighted by Crippen LogP contribution is 2.26. The fraction of sp³-hybridized carbons (Fsp3) is 0.290. The van der Waals surface area contributed by atoms with Crippen LogP contribution in [0.15, 0.2) is 89.7 Å². The minimum Gasteiger partial charge on any atom is -0.497 e. The smallest absolute Gasteiger partial charge is 0.252 e. The van der Waals surface area contributed by atoms with Crippen molar-refractivity contribution >= 4 is 10.9 Å².